The zero-order valence-electron chi connectivity index (χ0n) is 8.65. The standard InChI is InChI=1S/C10H8F2N4O/c11-6-1-2-8-7(5-6)9-14-15-10(13-12)16(9)3-4-17-8/h1-2,5H,3-4H2,(H,13,15). The zero-order valence-corrected chi connectivity index (χ0v) is 8.65. The fourth-order valence-corrected chi connectivity index (χ4v) is 1.83. The Morgan fingerprint density at radius 1 is 1.35 bits per heavy atom. The molecule has 0 spiro atoms. The Balaban J connectivity index is 2.23. The van der Waals surface area contributed by atoms with Crippen LogP contribution in [0.5, 0.6) is 5.75 Å². The summed E-state index contributed by atoms with van der Waals surface area (Å²) in [5.41, 5.74) is 1.92. The van der Waals surface area contributed by atoms with Crippen molar-refractivity contribution in [3.8, 4) is 17.1 Å². The average Bonchev–Trinajstić information content (AvgIpc) is 2.66. The summed E-state index contributed by atoms with van der Waals surface area (Å²) in [6.45, 7) is 0.739. The predicted octanol–water partition coefficient (Wildman–Crippen LogP) is 1.77. The Hall–Kier alpha value is -2.18. The molecule has 0 fully saturated rings. The van der Waals surface area contributed by atoms with Gasteiger partial charge in [-0.15, -0.1) is 14.7 Å². The van der Waals surface area contributed by atoms with E-state index in [4.69, 9.17) is 4.74 Å². The van der Waals surface area contributed by atoms with Crippen LogP contribution in [0.15, 0.2) is 18.2 Å². The minimum Gasteiger partial charge on any atom is -0.491 e. The molecule has 0 saturated carbocycles. The predicted molar refractivity (Wildman–Crippen MR) is 55.6 cm³/mol. The fourth-order valence-electron chi connectivity index (χ4n) is 1.83. The molecule has 2 aromatic rings. The Morgan fingerprint density at radius 2 is 2.24 bits per heavy atom. The molecule has 0 amide bonds. The third-order valence-electron chi connectivity index (χ3n) is 2.59. The number of nitrogens with one attached hydrogen (secondary N) is 1. The molecule has 0 saturated heterocycles. The van der Waals surface area contributed by atoms with E-state index in [1.54, 1.807) is 0 Å². The highest BCUT2D eigenvalue weighted by Gasteiger charge is 2.21. The van der Waals surface area contributed by atoms with Gasteiger partial charge in [-0.25, -0.2) is 4.39 Å². The first-order valence-electron chi connectivity index (χ1n) is 5.02. The lowest BCUT2D eigenvalue weighted by atomic mass is 10.2. The first kappa shape index (κ1) is 10.0. The quantitative estimate of drug-likeness (QED) is 0.769. The lowest BCUT2D eigenvalue weighted by molar-refractivity contribution is 0.306. The van der Waals surface area contributed by atoms with Crippen molar-refractivity contribution in [2.45, 2.75) is 6.54 Å². The van der Waals surface area contributed by atoms with E-state index in [1.165, 1.54) is 28.3 Å². The highest BCUT2D eigenvalue weighted by atomic mass is 19.2. The smallest absolute Gasteiger partial charge is 0.253 e. The van der Waals surface area contributed by atoms with E-state index in [0.29, 0.717) is 30.3 Å². The number of fused-ring (bicyclic) bond motifs is 3. The largest absolute Gasteiger partial charge is 0.491 e. The Bertz CT molecular complexity index is 569. The van der Waals surface area contributed by atoms with Crippen LogP contribution in [0.2, 0.25) is 0 Å². The molecule has 0 radical (unpaired) electrons. The van der Waals surface area contributed by atoms with Crippen LogP contribution < -0.4 is 10.3 Å². The first-order chi connectivity index (χ1) is 8.29. The molecule has 0 unspecified atom stereocenters. The second-order valence-electron chi connectivity index (χ2n) is 3.58. The van der Waals surface area contributed by atoms with Gasteiger partial charge in [-0.2, -0.15) is 5.54 Å². The molecule has 88 valence electrons. The third kappa shape index (κ3) is 1.50. The van der Waals surface area contributed by atoms with Crippen LogP contribution >= 0.6 is 0 Å². The third-order valence-corrected chi connectivity index (χ3v) is 2.59. The molecule has 0 aliphatic carbocycles. The van der Waals surface area contributed by atoms with E-state index in [-0.39, 0.29) is 5.95 Å². The van der Waals surface area contributed by atoms with E-state index in [2.05, 4.69) is 10.2 Å². The maximum Gasteiger partial charge on any atom is 0.253 e. The van der Waals surface area contributed by atoms with Gasteiger partial charge in [0.1, 0.15) is 18.2 Å². The summed E-state index contributed by atoms with van der Waals surface area (Å²) in [6.07, 6.45) is 0. The van der Waals surface area contributed by atoms with Crippen molar-refractivity contribution in [3.63, 3.8) is 0 Å². The number of aromatic nitrogens is 3. The van der Waals surface area contributed by atoms with Crippen LogP contribution in [-0.4, -0.2) is 21.4 Å². The van der Waals surface area contributed by atoms with Crippen molar-refractivity contribution in [1.29, 1.82) is 0 Å². The van der Waals surface area contributed by atoms with Crippen molar-refractivity contribution in [2.75, 3.05) is 12.1 Å². The number of anilines is 1. The summed E-state index contributed by atoms with van der Waals surface area (Å²) in [5.74, 6) is 0.486. The molecule has 2 heterocycles. The summed E-state index contributed by atoms with van der Waals surface area (Å²) < 4.78 is 32.6. The van der Waals surface area contributed by atoms with Crippen molar-refractivity contribution < 1.29 is 13.6 Å². The zero-order chi connectivity index (χ0) is 11.8. The van der Waals surface area contributed by atoms with Crippen LogP contribution in [0.25, 0.3) is 11.4 Å². The minimum atomic E-state index is -0.404. The summed E-state index contributed by atoms with van der Waals surface area (Å²) in [6, 6.07) is 4.12. The van der Waals surface area contributed by atoms with E-state index >= 15 is 0 Å². The second-order valence-corrected chi connectivity index (χ2v) is 3.58. The summed E-state index contributed by atoms with van der Waals surface area (Å²) >= 11 is 0. The molecule has 1 aliphatic rings. The molecular weight excluding hydrogens is 230 g/mol. The lowest BCUT2D eigenvalue weighted by Gasteiger charge is -2.04. The van der Waals surface area contributed by atoms with E-state index in [9.17, 15) is 8.87 Å². The van der Waals surface area contributed by atoms with E-state index < -0.39 is 5.82 Å². The maximum absolute atomic E-state index is 13.2. The maximum atomic E-state index is 13.2. The van der Waals surface area contributed by atoms with E-state index in [0.717, 1.165) is 0 Å². The number of hydrogen-bond donors (Lipinski definition) is 1. The van der Waals surface area contributed by atoms with Gasteiger partial charge in [0.05, 0.1) is 12.1 Å². The molecular formula is C10H8F2N4O. The average molecular weight is 238 g/mol. The lowest BCUT2D eigenvalue weighted by Crippen LogP contribution is -2.07. The second kappa shape index (κ2) is 3.69. The molecule has 0 atom stereocenters. The van der Waals surface area contributed by atoms with Gasteiger partial charge >= 0.3 is 0 Å². The van der Waals surface area contributed by atoms with Gasteiger partial charge in [-0.05, 0) is 18.2 Å². The first-order valence-corrected chi connectivity index (χ1v) is 5.02. The van der Waals surface area contributed by atoms with Crippen molar-refractivity contribution in [1.82, 2.24) is 14.8 Å². The highest BCUT2D eigenvalue weighted by Crippen LogP contribution is 2.32. The Labute approximate surface area is 95.0 Å². The van der Waals surface area contributed by atoms with Gasteiger partial charge in [0.15, 0.2) is 5.82 Å². The number of nitrogens with zero attached hydrogens (tertiary/aromatic N) is 3. The van der Waals surface area contributed by atoms with Crippen molar-refractivity contribution in [2.24, 2.45) is 0 Å². The molecule has 1 aromatic heterocycles. The topological polar surface area (TPSA) is 52.0 Å². The normalized spacial score (nSPS) is 13.3. The minimum absolute atomic E-state index is 0.0132. The van der Waals surface area contributed by atoms with Gasteiger partial charge in [0, 0.05) is 0 Å². The monoisotopic (exact) mass is 238 g/mol. The molecule has 1 N–H and O–H groups in total. The SMILES string of the molecule is FNc1nnc2n1CCOc1ccc(F)cc1-2. The number of ether oxygens (including phenoxy) is 1. The molecule has 3 rings (SSSR count). The fraction of sp³-hybridized carbons (Fsp3) is 0.200. The number of benzene rings is 1. The molecule has 1 aromatic carbocycles. The van der Waals surface area contributed by atoms with Crippen LogP contribution in [0.1, 0.15) is 0 Å². The van der Waals surface area contributed by atoms with Crippen molar-refractivity contribution >= 4 is 5.95 Å². The molecule has 1 aliphatic heterocycles. The highest BCUT2D eigenvalue weighted by molar-refractivity contribution is 5.66. The number of hydrogen-bond acceptors (Lipinski definition) is 4. The summed E-state index contributed by atoms with van der Waals surface area (Å²) in [5, 5.41) is 7.47. The summed E-state index contributed by atoms with van der Waals surface area (Å²) in [7, 11) is 0. The van der Waals surface area contributed by atoms with Crippen LogP contribution in [0.4, 0.5) is 14.8 Å². The molecule has 17 heavy (non-hydrogen) atoms. The van der Waals surface area contributed by atoms with Crippen LogP contribution in [0.3, 0.4) is 0 Å². The Kier molecular flexibility index (Phi) is 2.17. The van der Waals surface area contributed by atoms with Gasteiger partial charge in [0.2, 0.25) is 0 Å². The van der Waals surface area contributed by atoms with Gasteiger partial charge in [0.25, 0.3) is 5.95 Å². The number of halogens is 2. The van der Waals surface area contributed by atoms with Crippen LogP contribution in [-0.2, 0) is 6.54 Å². The molecule has 0 bridgehead atoms. The van der Waals surface area contributed by atoms with Crippen molar-refractivity contribution in [3.05, 3.63) is 24.0 Å². The van der Waals surface area contributed by atoms with Crippen LogP contribution in [0, 0.1) is 5.82 Å². The van der Waals surface area contributed by atoms with Gasteiger partial charge in [-0.1, -0.05) is 0 Å². The van der Waals surface area contributed by atoms with Gasteiger partial charge in [-0.3, -0.25) is 4.57 Å². The summed E-state index contributed by atoms with van der Waals surface area (Å²) in [4.78, 5) is 0. The van der Waals surface area contributed by atoms with E-state index in [1.807, 2.05) is 0 Å². The molecule has 5 nitrogen and oxygen atoms in total. The molecule has 7 heteroatoms. The number of rotatable bonds is 1. The van der Waals surface area contributed by atoms with Gasteiger partial charge < -0.3 is 4.74 Å². The Morgan fingerprint density at radius 3 is 3.06 bits per heavy atom.